The molecular formula is C25H38O10. The molecule has 8 unspecified atom stereocenters. The first kappa shape index (κ1) is 26.8. The monoisotopic (exact) mass is 498 g/mol. The number of carbonyl (C=O) groups excluding carboxylic acids is 3. The molecule has 0 bridgehead atoms. The van der Waals surface area contributed by atoms with Crippen LogP contribution < -0.4 is 0 Å². The van der Waals surface area contributed by atoms with Crippen molar-refractivity contribution in [2.45, 2.75) is 96.6 Å². The summed E-state index contributed by atoms with van der Waals surface area (Å²) in [6.45, 7) is 9.61. The minimum Gasteiger partial charge on any atom is -0.381 e. The van der Waals surface area contributed by atoms with E-state index in [0.29, 0.717) is 0 Å². The van der Waals surface area contributed by atoms with Gasteiger partial charge in [0.25, 0.3) is 5.78 Å². The van der Waals surface area contributed by atoms with Gasteiger partial charge in [0.1, 0.15) is 5.60 Å². The molecule has 0 aliphatic heterocycles. The Morgan fingerprint density at radius 2 is 1.46 bits per heavy atom. The lowest BCUT2D eigenvalue weighted by Gasteiger charge is -2.73. The summed E-state index contributed by atoms with van der Waals surface area (Å²) in [7, 11) is 0. The Kier molecular flexibility index (Phi) is 5.19. The number of carbonyl (C=O) groups is 3. The van der Waals surface area contributed by atoms with E-state index in [0.717, 1.165) is 6.92 Å². The summed E-state index contributed by atoms with van der Waals surface area (Å²) in [6, 6.07) is 0. The van der Waals surface area contributed by atoms with Gasteiger partial charge in [0.05, 0.1) is 5.92 Å². The van der Waals surface area contributed by atoms with E-state index in [9.17, 15) is 50.1 Å². The van der Waals surface area contributed by atoms with E-state index >= 15 is 0 Å². The number of ketones is 3. The summed E-state index contributed by atoms with van der Waals surface area (Å²) < 4.78 is 0. The lowest BCUT2D eigenvalue weighted by atomic mass is 9.31. The van der Waals surface area contributed by atoms with Crippen molar-refractivity contribution in [3.63, 3.8) is 0 Å². The van der Waals surface area contributed by atoms with Gasteiger partial charge in [-0.25, -0.2) is 0 Å². The van der Waals surface area contributed by atoms with Crippen LogP contribution in [0.25, 0.3) is 0 Å². The van der Waals surface area contributed by atoms with Crippen LogP contribution >= 0.6 is 0 Å². The average Bonchev–Trinajstić information content (AvgIpc) is 2.86. The van der Waals surface area contributed by atoms with Crippen LogP contribution in [0.1, 0.15) is 73.6 Å². The van der Waals surface area contributed by atoms with Crippen molar-refractivity contribution in [3.05, 3.63) is 0 Å². The topological polar surface area (TPSA) is 193 Å². The Hall–Kier alpha value is -1.27. The second-order valence-electron chi connectivity index (χ2n) is 13.1. The maximum Gasteiger partial charge on any atom is 0.257 e. The SMILES string of the molecule is CC1CC2(C)C(O)(C(=O)C(C)(O)O)CCC2(C)C2(C)CC(O)(O)C3C(=O)C(=O)C(O)(O)CC3(C)C12. The molecule has 0 aromatic rings. The van der Waals surface area contributed by atoms with Gasteiger partial charge in [-0.15, -0.1) is 0 Å². The second-order valence-corrected chi connectivity index (χ2v) is 13.1. The van der Waals surface area contributed by atoms with E-state index in [-0.39, 0.29) is 31.6 Å². The number of Topliss-reactive ketones (excluding diaryl/α,β-unsaturated/α-hetero) is 3. The molecular weight excluding hydrogens is 460 g/mol. The largest absolute Gasteiger partial charge is 0.381 e. The third-order valence-electron chi connectivity index (χ3n) is 11.1. The van der Waals surface area contributed by atoms with Gasteiger partial charge in [-0.2, -0.15) is 0 Å². The zero-order valence-electron chi connectivity index (χ0n) is 21.1. The normalized spacial score (nSPS) is 50.8. The van der Waals surface area contributed by atoms with Gasteiger partial charge in [0.15, 0.2) is 5.79 Å². The number of hydrogen-bond acceptors (Lipinski definition) is 10. The highest BCUT2D eigenvalue weighted by molar-refractivity contribution is 6.41. The Morgan fingerprint density at radius 1 is 0.914 bits per heavy atom. The fourth-order valence-electron chi connectivity index (χ4n) is 9.93. The van der Waals surface area contributed by atoms with Gasteiger partial charge in [0.2, 0.25) is 23.1 Å². The summed E-state index contributed by atoms with van der Waals surface area (Å²) in [5, 5.41) is 75.5. The van der Waals surface area contributed by atoms with Crippen molar-refractivity contribution in [3.8, 4) is 0 Å². The van der Waals surface area contributed by atoms with Crippen LogP contribution in [0.5, 0.6) is 0 Å². The van der Waals surface area contributed by atoms with Crippen LogP contribution in [-0.2, 0) is 14.4 Å². The Balaban J connectivity index is 1.94. The van der Waals surface area contributed by atoms with Gasteiger partial charge >= 0.3 is 0 Å². The maximum atomic E-state index is 13.1. The van der Waals surface area contributed by atoms with Crippen LogP contribution in [0.2, 0.25) is 0 Å². The minimum absolute atomic E-state index is 0.0874. The third kappa shape index (κ3) is 2.87. The molecule has 8 atom stereocenters. The Labute approximate surface area is 204 Å². The number of rotatable bonds is 2. The van der Waals surface area contributed by atoms with Crippen molar-refractivity contribution < 1.29 is 50.1 Å². The number of hydrogen-bond donors (Lipinski definition) is 7. The molecule has 7 N–H and O–H groups in total. The minimum atomic E-state index is -2.96. The lowest BCUT2D eigenvalue weighted by molar-refractivity contribution is -0.345. The molecule has 35 heavy (non-hydrogen) atoms. The summed E-state index contributed by atoms with van der Waals surface area (Å²) in [5.41, 5.74) is -6.81. The van der Waals surface area contributed by atoms with Crippen molar-refractivity contribution in [1.29, 1.82) is 0 Å². The smallest absolute Gasteiger partial charge is 0.257 e. The summed E-state index contributed by atoms with van der Waals surface area (Å²) in [4.78, 5) is 38.6. The van der Waals surface area contributed by atoms with Crippen molar-refractivity contribution in [2.75, 3.05) is 0 Å². The van der Waals surface area contributed by atoms with E-state index in [4.69, 9.17) is 0 Å². The van der Waals surface area contributed by atoms with E-state index in [1.807, 2.05) is 13.8 Å². The van der Waals surface area contributed by atoms with E-state index in [1.54, 1.807) is 20.8 Å². The molecule has 0 aromatic carbocycles. The lowest BCUT2D eigenvalue weighted by Crippen LogP contribution is -2.76. The Bertz CT molecular complexity index is 1010. The highest BCUT2D eigenvalue weighted by Gasteiger charge is 2.81. The zero-order chi connectivity index (χ0) is 27.0. The number of fused-ring (bicyclic) bond motifs is 5. The van der Waals surface area contributed by atoms with Gasteiger partial charge in [0, 0.05) is 18.3 Å². The fraction of sp³-hybridized carbons (Fsp3) is 0.880. The maximum absolute atomic E-state index is 13.1. The molecule has 4 saturated carbocycles. The van der Waals surface area contributed by atoms with Gasteiger partial charge in [-0.05, 0) is 54.3 Å². The molecule has 0 aromatic heterocycles. The van der Waals surface area contributed by atoms with Crippen molar-refractivity contribution in [2.24, 2.45) is 39.4 Å². The molecule has 0 heterocycles. The average molecular weight is 499 g/mol. The molecule has 4 rings (SSSR count). The van der Waals surface area contributed by atoms with Gasteiger partial charge < -0.3 is 35.7 Å². The van der Waals surface area contributed by atoms with Gasteiger partial charge in [-0.1, -0.05) is 34.6 Å². The Morgan fingerprint density at radius 3 is 1.97 bits per heavy atom. The first-order valence-corrected chi connectivity index (χ1v) is 12.2. The standard InChI is InChI=1S/C25H38O10/c1-12-9-21(5)20(4,7-8-23(21,31)17(28)22(6,29)30)19(3)11-24(32,33)15-13(26)16(27)25(34,35)10-18(15,2)14(12)19/h12,14-15,29-35H,7-11H2,1-6H3. The highest BCUT2D eigenvalue weighted by atomic mass is 16.5. The quantitative estimate of drug-likeness (QED) is 0.191. The highest BCUT2D eigenvalue weighted by Crippen LogP contribution is 2.80. The fourth-order valence-corrected chi connectivity index (χ4v) is 9.93. The third-order valence-corrected chi connectivity index (χ3v) is 11.1. The predicted octanol–water partition coefficient (Wildman–Crippen LogP) is -0.614. The summed E-state index contributed by atoms with van der Waals surface area (Å²) >= 11 is 0. The molecule has 4 aliphatic carbocycles. The molecule has 198 valence electrons. The first-order chi connectivity index (χ1) is 15.5. The van der Waals surface area contributed by atoms with E-state index in [2.05, 4.69) is 0 Å². The molecule has 10 heteroatoms. The van der Waals surface area contributed by atoms with Crippen LogP contribution in [0, 0.1) is 39.4 Å². The summed E-state index contributed by atoms with van der Waals surface area (Å²) in [5.74, 6) is -14.8. The molecule has 10 nitrogen and oxygen atoms in total. The molecule has 0 spiro atoms. The molecule has 0 radical (unpaired) electrons. The van der Waals surface area contributed by atoms with Crippen molar-refractivity contribution >= 4 is 17.3 Å². The zero-order valence-corrected chi connectivity index (χ0v) is 21.1. The molecule has 0 amide bonds. The predicted molar refractivity (Wildman–Crippen MR) is 119 cm³/mol. The second kappa shape index (κ2) is 6.78. The first-order valence-electron chi connectivity index (χ1n) is 12.2. The van der Waals surface area contributed by atoms with Crippen LogP contribution in [0.4, 0.5) is 0 Å². The van der Waals surface area contributed by atoms with Crippen LogP contribution in [0.15, 0.2) is 0 Å². The number of aliphatic hydroxyl groups is 7. The summed E-state index contributed by atoms with van der Waals surface area (Å²) in [6.07, 6.45) is -0.584. The van der Waals surface area contributed by atoms with Crippen molar-refractivity contribution in [1.82, 2.24) is 0 Å². The van der Waals surface area contributed by atoms with E-state index in [1.165, 1.54) is 0 Å². The molecule has 0 saturated heterocycles. The van der Waals surface area contributed by atoms with E-state index < -0.39 is 80.2 Å². The van der Waals surface area contributed by atoms with Gasteiger partial charge in [-0.3, -0.25) is 14.4 Å². The van der Waals surface area contributed by atoms with Crippen LogP contribution in [0.3, 0.4) is 0 Å². The molecule has 4 fully saturated rings. The molecule has 4 aliphatic rings. The van der Waals surface area contributed by atoms with Crippen LogP contribution in [-0.4, -0.2) is 76.1 Å².